The molecule has 2 fully saturated rings. The Balaban J connectivity index is 1.04. The Bertz CT molecular complexity index is 2080. The van der Waals surface area contributed by atoms with Crippen molar-refractivity contribution in [3.8, 4) is 11.8 Å². The van der Waals surface area contributed by atoms with E-state index in [1.165, 1.54) is 0 Å². The number of hydrogen-bond acceptors (Lipinski definition) is 6. The maximum Gasteiger partial charge on any atom is 0.250 e. The molecule has 12 heteroatoms. The second-order valence-corrected chi connectivity index (χ2v) is 15.8. The Hall–Kier alpha value is -6.74. The number of amides is 6. The van der Waals surface area contributed by atoms with Crippen LogP contribution in [0, 0.1) is 23.7 Å². The van der Waals surface area contributed by atoms with Crippen LogP contribution in [0.25, 0.3) is 0 Å². The molecule has 4 aromatic rings. The van der Waals surface area contributed by atoms with Crippen molar-refractivity contribution in [3.05, 3.63) is 131 Å². The zero-order valence-electron chi connectivity index (χ0n) is 34.4. The van der Waals surface area contributed by atoms with Crippen LogP contribution >= 0.6 is 0 Å². The molecule has 4 N–H and O–H groups in total. The molecule has 0 aromatic heterocycles. The Morgan fingerprint density at radius 2 is 0.867 bits per heavy atom. The molecule has 0 radical (unpaired) electrons. The molecule has 2 aliphatic heterocycles. The van der Waals surface area contributed by atoms with E-state index >= 15 is 0 Å². The van der Waals surface area contributed by atoms with Crippen LogP contribution in [-0.2, 0) is 28.8 Å². The normalized spacial score (nSPS) is 17.0. The predicted molar refractivity (Wildman–Crippen MR) is 230 cm³/mol. The summed E-state index contributed by atoms with van der Waals surface area (Å²) >= 11 is 0. The summed E-state index contributed by atoms with van der Waals surface area (Å²) in [6.07, 6.45) is 2.36. The van der Waals surface area contributed by atoms with Gasteiger partial charge in [-0.25, -0.2) is 0 Å². The number of hydrogen-bond donors (Lipinski definition) is 4. The largest absolute Gasteiger partial charge is 0.340 e. The number of nitrogens with zero attached hydrogens (tertiary/aromatic N) is 2. The fraction of sp³-hybridized carbons (Fsp3) is 0.333. The van der Waals surface area contributed by atoms with Crippen molar-refractivity contribution in [1.29, 1.82) is 0 Å². The first kappa shape index (κ1) is 42.9. The number of rotatable bonds is 12. The molecule has 0 spiro atoms. The second kappa shape index (κ2) is 19.8. The average molecular weight is 809 g/mol. The van der Waals surface area contributed by atoms with E-state index in [1.807, 2.05) is 36.4 Å². The minimum absolute atomic E-state index is 0.243. The molecule has 2 aliphatic rings. The van der Waals surface area contributed by atoms with E-state index < -0.39 is 24.2 Å². The highest BCUT2D eigenvalue weighted by Gasteiger charge is 2.40. The predicted octanol–water partition coefficient (Wildman–Crippen LogP) is 5.97. The Morgan fingerprint density at radius 1 is 0.517 bits per heavy atom. The number of anilines is 2. The molecule has 0 aliphatic carbocycles. The van der Waals surface area contributed by atoms with Crippen molar-refractivity contribution >= 4 is 46.8 Å². The molecule has 4 aromatic carbocycles. The van der Waals surface area contributed by atoms with E-state index in [2.05, 4.69) is 33.1 Å². The lowest BCUT2D eigenvalue weighted by molar-refractivity contribution is -0.140. The molecule has 0 unspecified atom stereocenters. The monoisotopic (exact) mass is 808 g/mol. The third-order valence-corrected chi connectivity index (χ3v) is 10.7. The molecule has 12 nitrogen and oxygen atoms in total. The summed E-state index contributed by atoms with van der Waals surface area (Å²) in [4.78, 5) is 83.1. The van der Waals surface area contributed by atoms with E-state index in [4.69, 9.17) is 0 Å². The molecule has 6 amide bonds. The molecule has 2 heterocycles. The van der Waals surface area contributed by atoms with E-state index in [-0.39, 0.29) is 47.3 Å². The van der Waals surface area contributed by atoms with Crippen LogP contribution in [0.5, 0.6) is 0 Å². The highest BCUT2D eigenvalue weighted by molar-refractivity contribution is 6.00. The standard InChI is InChI=1S/C48H52N6O6/c1-31(2)43(55)51-41(35-13-7-5-8-14-35)47(59)53-29-11-17-39(53)45(57)49-37-25-21-33(22-26-37)19-20-34-23-27-38(28-24-34)50-46(58)40-18-12-30-54(40)48(60)42(52-44(56)32(3)4)36-15-9-6-10-16-36/h5-10,13-16,21-28,31-32,39-42H,11-12,17-18,29-30H2,1-4H3,(H,49,57)(H,50,58)(H,51,55)(H,52,56)/t39-,40-,41+,42+/m0/s1. The summed E-state index contributed by atoms with van der Waals surface area (Å²) in [5.41, 5.74) is 3.89. The molecule has 0 bridgehead atoms. The minimum Gasteiger partial charge on any atom is -0.340 e. The van der Waals surface area contributed by atoms with Crippen LogP contribution in [0.15, 0.2) is 109 Å². The zero-order valence-corrected chi connectivity index (χ0v) is 34.4. The lowest BCUT2D eigenvalue weighted by Crippen LogP contribution is -2.49. The van der Waals surface area contributed by atoms with Gasteiger partial charge in [-0.2, -0.15) is 0 Å². The number of likely N-dealkylation sites (tertiary alicyclic amines) is 2. The van der Waals surface area contributed by atoms with Crippen molar-refractivity contribution < 1.29 is 28.8 Å². The smallest absolute Gasteiger partial charge is 0.250 e. The van der Waals surface area contributed by atoms with Crippen LogP contribution < -0.4 is 21.3 Å². The Morgan fingerprint density at radius 3 is 1.20 bits per heavy atom. The van der Waals surface area contributed by atoms with E-state index in [9.17, 15) is 28.8 Å². The summed E-state index contributed by atoms with van der Waals surface area (Å²) in [6, 6.07) is 29.2. The van der Waals surface area contributed by atoms with Gasteiger partial charge in [0.05, 0.1) is 0 Å². The van der Waals surface area contributed by atoms with Gasteiger partial charge < -0.3 is 31.1 Å². The van der Waals surface area contributed by atoms with Crippen LogP contribution in [0.3, 0.4) is 0 Å². The van der Waals surface area contributed by atoms with Gasteiger partial charge in [0.25, 0.3) is 0 Å². The Kier molecular flexibility index (Phi) is 14.1. The molecule has 310 valence electrons. The third kappa shape index (κ3) is 10.7. The first-order valence-electron chi connectivity index (χ1n) is 20.5. The summed E-state index contributed by atoms with van der Waals surface area (Å²) in [6.45, 7) is 7.90. The molecular weight excluding hydrogens is 757 g/mol. The fourth-order valence-corrected chi connectivity index (χ4v) is 7.29. The van der Waals surface area contributed by atoms with Gasteiger partial charge in [0.1, 0.15) is 24.2 Å². The molecule has 60 heavy (non-hydrogen) atoms. The topological polar surface area (TPSA) is 157 Å². The molecule has 4 atom stereocenters. The van der Waals surface area contributed by atoms with Crippen LogP contribution in [0.1, 0.15) is 87.7 Å². The zero-order chi connectivity index (χ0) is 42.8. The van der Waals surface area contributed by atoms with Gasteiger partial charge in [-0.15, -0.1) is 0 Å². The highest BCUT2D eigenvalue weighted by atomic mass is 16.2. The molecule has 2 saturated heterocycles. The van der Waals surface area contributed by atoms with Gasteiger partial charge in [-0.05, 0) is 85.3 Å². The van der Waals surface area contributed by atoms with Crippen molar-refractivity contribution in [3.63, 3.8) is 0 Å². The SMILES string of the molecule is CC(C)C(=O)N[C@@H](C(=O)N1CCC[C@H]1C(=O)Nc1ccc(C#Cc2ccc(NC(=O)[C@@H]3CCCN3C(=O)[C@H](NC(=O)C(C)C)c3ccccc3)cc2)cc1)c1ccccc1. The maximum atomic E-state index is 13.8. The fourth-order valence-electron chi connectivity index (χ4n) is 7.29. The number of nitrogens with one attached hydrogen (secondary N) is 4. The average Bonchev–Trinajstić information content (AvgIpc) is 3.96. The Labute approximate surface area is 351 Å². The van der Waals surface area contributed by atoms with E-state index in [0.29, 0.717) is 61.3 Å². The molecule has 0 saturated carbocycles. The van der Waals surface area contributed by atoms with Crippen molar-refractivity contribution in [1.82, 2.24) is 20.4 Å². The van der Waals surface area contributed by atoms with Crippen LogP contribution in [0.2, 0.25) is 0 Å². The van der Waals surface area contributed by atoms with E-state index in [0.717, 1.165) is 11.1 Å². The van der Waals surface area contributed by atoms with Crippen molar-refractivity contribution in [2.45, 2.75) is 77.5 Å². The first-order chi connectivity index (χ1) is 28.9. The van der Waals surface area contributed by atoms with Crippen LogP contribution in [-0.4, -0.2) is 70.4 Å². The summed E-state index contributed by atoms with van der Waals surface area (Å²) in [7, 11) is 0. The quantitative estimate of drug-likeness (QED) is 0.129. The first-order valence-corrected chi connectivity index (χ1v) is 20.5. The van der Waals surface area contributed by atoms with Gasteiger partial charge in [-0.1, -0.05) is 100 Å². The van der Waals surface area contributed by atoms with Gasteiger partial charge >= 0.3 is 0 Å². The maximum absolute atomic E-state index is 13.8. The van der Waals surface area contributed by atoms with Crippen LogP contribution in [0.4, 0.5) is 11.4 Å². The lowest BCUT2D eigenvalue weighted by atomic mass is 10.0. The van der Waals surface area contributed by atoms with Gasteiger partial charge in [0, 0.05) is 47.4 Å². The minimum atomic E-state index is -0.895. The summed E-state index contributed by atoms with van der Waals surface area (Å²) < 4.78 is 0. The summed E-state index contributed by atoms with van der Waals surface area (Å²) in [5, 5.41) is 11.6. The second-order valence-electron chi connectivity index (χ2n) is 15.8. The van der Waals surface area contributed by atoms with E-state index in [1.54, 1.807) is 110 Å². The highest BCUT2D eigenvalue weighted by Crippen LogP contribution is 2.27. The van der Waals surface area contributed by atoms with Gasteiger partial charge in [-0.3, -0.25) is 28.8 Å². The summed E-state index contributed by atoms with van der Waals surface area (Å²) in [5.74, 6) is 3.92. The van der Waals surface area contributed by atoms with Crippen molar-refractivity contribution in [2.75, 3.05) is 23.7 Å². The van der Waals surface area contributed by atoms with Gasteiger partial charge in [0.2, 0.25) is 35.4 Å². The number of carbonyl (C=O) groups is 6. The number of benzene rings is 4. The molecule has 6 rings (SSSR count). The third-order valence-electron chi connectivity index (χ3n) is 10.7. The van der Waals surface area contributed by atoms with Gasteiger partial charge in [0.15, 0.2) is 0 Å². The van der Waals surface area contributed by atoms with Crippen molar-refractivity contribution in [2.24, 2.45) is 11.8 Å². The number of carbonyl (C=O) groups excluding carboxylic acids is 6. The lowest BCUT2D eigenvalue weighted by Gasteiger charge is -2.29. The molecular formula is C48H52N6O6.